The summed E-state index contributed by atoms with van der Waals surface area (Å²) in [4.78, 5) is 0. The number of hydrogen-bond donors (Lipinski definition) is 0. The van der Waals surface area contributed by atoms with Gasteiger partial charge in [0.05, 0.1) is 17.9 Å². The summed E-state index contributed by atoms with van der Waals surface area (Å²) in [7, 11) is -2.70. The molecular weight excluding hydrogens is 255 g/mol. The monoisotopic (exact) mass is 267 g/mol. The van der Waals surface area contributed by atoms with Gasteiger partial charge in [-0.05, 0) is 12.1 Å². The highest BCUT2D eigenvalue weighted by molar-refractivity contribution is 7.92. The molecule has 0 bridgehead atoms. The number of halogens is 3. The predicted molar refractivity (Wildman–Crippen MR) is 59.3 cm³/mol. The highest BCUT2D eigenvalue weighted by Gasteiger charge is 2.31. The Balaban J connectivity index is 2.78. The molecule has 1 rings (SSSR count). The molecule has 17 heavy (non-hydrogen) atoms. The van der Waals surface area contributed by atoms with Gasteiger partial charge in [0, 0.05) is 7.05 Å². The SMILES string of the molecule is CN(c1ccccc1)S(=O)(=O)CCC(F)(F)F. The summed E-state index contributed by atoms with van der Waals surface area (Å²) in [6.45, 7) is 0. The van der Waals surface area contributed by atoms with Gasteiger partial charge in [0.15, 0.2) is 0 Å². The van der Waals surface area contributed by atoms with Gasteiger partial charge in [-0.15, -0.1) is 0 Å². The number of sulfonamides is 1. The first-order valence-electron chi connectivity index (χ1n) is 4.81. The molecule has 0 aliphatic carbocycles. The third kappa shape index (κ3) is 4.26. The zero-order valence-corrected chi connectivity index (χ0v) is 9.92. The fourth-order valence-electron chi connectivity index (χ4n) is 1.18. The molecule has 0 N–H and O–H groups in total. The van der Waals surface area contributed by atoms with Crippen LogP contribution >= 0.6 is 0 Å². The van der Waals surface area contributed by atoms with Crippen molar-refractivity contribution in [2.24, 2.45) is 0 Å². The Hall–Kier alpha value is -1.24. The van der Waals surface area contributed by atoms with Crippen molar-refractivity contribution in [2.75, 3.05) is 17.1 Å². The van der Waals surface area contributed by atoms with Crippen LogP contribution in [0, 0.1) is 0 Å². The lowest BCUT2D eigenvalue weighted by Crippen LogP contribution is -2.31. The van der Waals surface area contributed by atoms with Gasteiger partial charge in [0.1, 0.15) is 0 Å². The van der Waals surface area contributed by atoms with E-state index in [4.69, 9.17) is 0 Å². The largest absolute Gasteiger partial charge is 0.390 e. The van der Waals surface area contributed by atoms with Crippen molar-refractivity contribution in [3.63, 3.8) is 0 Å². The lowest BCUT2D eigenvalue weighted by molar-refractivity contribution is -0.129. The first-order chi connectivity index (χ1) is 7.72. The second kappa shape index (κ2) is 4.95. The van der Waals surface area contributed by atoms with E-state index in [1.165, 1.54) is 19.2 Å². The van der Waals surface area contributed by atoms with E-state index in [1.54, 1.807) is 18.2 Å². The van der Waals surface area contributed by atoms with Gasteiger partial charge in [-0.25, -0.2) is 8.42 Å². The summed E-state index contributed by atoms with van der Waals surface area (Å²) in [6, 6.07) is 7.96. The van der Waals surface area contributed by atoms with E-state index in [2.05, 4.69) is 0 Å². The van der Waals surface area contributed by atoms with Crippen LogP contribution in [0.5, 0.6) is 0 Å². The van der Waals surface area contributed by atoms with Crippen molar-refractivity contribution in [1.82, 2.24) is 0 Å². The van der Waals surface area contributed by atoms with E-state index < -0.39 is 28.4 Å². The van der Waals surface area contributed by atoms with Gasteiger partial charge in [-0.1, -0.05) is 18.2 Å². The molecule has 0 spiro atoms. The first kappa shape index (κ1) is 13.8. The van der Waals surface area contributed by atoms with E-state index in [0.29, 0.717) is 5.69 Å². The molecular formula is C10H12F3NO2S. The van der Waals surface area contributed by atoms with Gasteiger partial charge in [-0.2, -0.15) is 13.2 Å². The van der Waals surface area contributed by atoms with Crippen LogP contribution < -0.4 is 4.31 Å². The normalized spacial score (nSPS) is 12.5. The average Bonchev–Trinajstić information content (AvgIpc) is 2.26. The molecule has 0 saturated carbocycles. The second-order valence-electron chi connectivity index (χ2n) is 3.48. The van der Waals surface area contributed by atoms with Gasteiger partial charge in [-0.3, -0.25) is 4.31 Å². The van der Waals surface area contributed by atoms with Crippen molar-refractivity contribution in [3.8, 4) is 0 Å². The van der Waals surface area contributed by atoms with Crippen LogP contribution in [0.15, 0.2) is 30.3 Å². The van der Waals surface area contributed by atoms with Crippen LogP contribution in [-0.2, 0) is 10.0 Å². The molecule has 0 fully saturated rings. The van der Waals surface area contributed by atoms with Gasteiger partial charge >= 0.3 is 6.18 Å². The fraction of sp³-hybridized carbons (Fsp3) is 0.400. The summed E-state index contributed by atoms with van der Waals surface area (Å²) >= 11 is 0. The molecule has 1 aromatic carbocycles. The quantitative estimate of drug-likeness (QED) is 0.840. The van der Waals surface area contributed by atoms with Crippen molar-refractivity contribution < 1.29 is 21.6 Å². The number of para-hydroxylation sites is 1. The topological polar surface area (TPSA) is 37.4 Å². The minimum atomic E-state index is -4.47. The number of anilines is 1. The van der Waals surface area contributed by atoms with Crippen LogP contribution in [0.3, 0.4) is 0 Å². The minimum Gasteiger partial charge on any atom is -0.273 e. The molecule has 3 nitrogen and oxygen atoms in total. The van der Waals surface area contributed by atoms with Crippen LogP contribution in [0.4, 0.5) is 18.9 Å². The predicted octanol–water partition coefficient (Wildman–Crippen LogP) is 2.41. The maximum absolute atomic E-state index is 12.0. The Kier molecular flexibility index (Phi) is 4.03. The molecule has 0 heterocycles. The molecule has 0 aliphatic rings. The lowest BCUT2D eigenvalue weighted by Gasteiger charge is -2.19. The summed E-state index contributed by atoms with van der Waals surface area (Å²) < 4.78 is 60.0. The molecule has 0 radical (unpaired) electrons. The summed E-state index contributed by atoms with van der Waals surface area (Å²) in [5.74, 6) is -0.943. The standard InChI is InChI=1S/C10H12F3NO2S/c1-14(9-5-3-2-4-6-9)17(15,16)8-7-10(11,12)13/h2-6H,7-8H2,1H3. The molecule has 0 unspecified atom stereocenters. The highest BCUT2D eigenvalue weighted by atomic mass is 32.2. The number of hydrogen-bond acceptors (Lipinski definition) is 2. The zero-order chi connectivity index (χ0) is 13.1. The smallest absolute Gasteiger partial charge is 0.273 e. The third-order valence-corrected chi connectivity index (χ3v) is 3.95. The molecule has 0 aromatic heterocycles. The van der Waals surface area contributed by atoms with Crippen molar-refractivity contribution in [3.05, 3.63) is 30.3 Å². The van der Waals surface area contributed by atoms with E-state index in [-0.39, 0.29) is 0 Å². The van der Waals surface area contributed by atoms with Crippen molar-refractivity contribution in [2.45, 2.75) is 12.6 Å². The molecule has 1 aromatic rings. The lowest BCUT2D eigenvalue weighted by atomic mass is 10.3. The summed E-state index contributed by atoms with van der Waals surface area (Å²) in [6.07, 6.45) is -5.81. The maximum Gasteiger partial charge on any atom is 0.390 e. The summed E-state index contributed by atoms with van der Waals surface area (Å²) in [5, 5.41) is 0. The molecule has 0 aliphatic heterocycles. The number of benzene rings is 1. The molecule has 96 valence electrons. The Morgan fingerprint density at radius 2 is 1.71 bits per heavy atom. The van der Waals surface area contributed by atoms with Crippen LogP contribution in [0.25, 0.3) is 0 Å². The van der Waals surface area contributed by atoms with E-state index in [1.807, 2.05) is 0 Å². The van der Waals surface area contributed by atoms with E-state index >= 15 is 0 Å². The van der Waals surface area contributed by atoms with Crippen LogP contribution in [0.2, 0.25) is 0 Å². The van der Waals surface area contributed by atoms with E-state index in [0.717, 1.165) is 4.31 Å². The van der Waals surface area contributed by atoms with Gasteiger partial charge < -0.3 is 0 Å². The Bertz CT molecular complexity index is 456. The van der Waals surface area contributed by atoms with Gasteiger partial charge in [0.25, 0.3) is 0 Å². The zero-order valence-electron chi connectivity index (χ0n) is 9.11. The number of nitrogens with zero attached hydrogens (tertiary/aromatic N) is 1. The highest BCUT2D eigenvalue weighted by Crippen LogP contribution is 2.22. The number of alkyl halides is 3. The maximum atomic E-state index is 12.0. The molecule has 0 saturated heterocycles. The average molecular weight is 267 g/mol. The van der Waals surface area contributed by atoms with Crippen molar-refractivity contribution >= 4 is 15.7 Å². The van der Waals surface area contributed by atoms with Gasteiger partial charge in [0.2, 0.25) is 10.0 Å². The van der Waals surface area contributed by atoms with E-state index in [9.17, 15) is 21.6 Å². The Morgan fingerprint density at radius 1 is 1.18 bits per heavy atom. The van der Waals surface area contributed by atoms with Crippen LogP contribution in [0.1, 0.15) is 6.42 Å². The van der Waals surface area contributed by atoms with Crippen molar-refractivity contribution in [1.29, 1.82) is 0 Å². The number of rotatable bonds is 4. The first-order valence-corrected chi connectivity index (χ1v) is 6.42. The molecule has 7 heteroatoms. The third-order valence-electron chi connectivity index (χ3n) is 2.18. The fourth-order valence-corrected chi connectivity index (χ4v) is 2.39. The Morgan fingerprint density at radius 3 is 2.18 bits per heavy atom. The Labute approximate surface area is 97.9 Å². The second-order valence-corrected chi connectivity index (χ2v) is 5.60. The minimum absolute atomic E-state index is 0.342. The summed E-state index contributed by atoms with van der Waals surface area (Å²) in [5.41, 5.74) is 0.342. The molecule has 0 amide bonds. The molecule has 0 atom stereocenters. The van der Waals surface area contributed by atoms with Crippen LogP contribution in [-0.4, -0.2) is 27.4 Å².